The normalized spacial score (nSPS) is 10.2. The van der Waals surface area contributed by atoms with Gasteiger partial charge in [0, 0.05) is 18.2 Å². The second-order valence-corrected chi connectivity index (χ2v) is 3.31. The minimum Gasteiger partial charge on any atom is -0.472 e. The van der Waals surface area contributed by atoms with Crippen molar-refractivity contribution in [1.29, 1.82) is 0 Å². The third-order valence-corrected chi connectivity index (χ3v) is 1.96. The summed E-state index contributed by atoms with van der Waals surface area (Å²) in [4.78, 5) is 7.73. The molecule has 0 amide bonds. The molecule has 0 spiro atoms. The fourth-order valence-corrected chi connectivity index (χ4v) is 1.30. The fourth-order valence-electron chi connectivity index (χ4n) is 1.11. The van der Waals surface area contributed by atoms with E-state index in [-0.39, 0.29) is 5.95 Å². The zero-order chi connectivity index (χ0) is 10.7. The number of rotatable bonds is 3. The van der Waals surface area contributed by atoms with Gasteiger partial charge < -0.3 is 15.5 Å². The van der Waals surface area contributed by atoms with Crippen LogP contribution in [0.5, 0.6) is 0 Å². The smallest absolute Gasteiger partial charge is 0.223 e. The predicted molar refractivity (Wildman–Crippen MR) is 57.5 cm³/mol. The van der Waals surface area contributed by atoms with Crippen LogP contribution in [-0.2, 0) is 6.54 Å². The van der Waals surface area contributed by atoms with Crippen LogP contribution in [0.25, 0.3) is 0 Å². The van der Waals surface area contributed by atoms with Crippen molar-refractivity contribution < 1.29 is 4.42 Å². The van der Waals surface area contributed by atoms with Crippen LogP contribution in [0.4, 0.5) is 11.8 Å². The van der Waals surface area contributed by atoms with Crippen LogP contribution in [0.2, 0.25) is 5.15 Å². The standard InChI is InChI=1S/C9H9ClN4O/c10-7-3-8(14-9(11)13-7)12-4-6-1-2-15-5-6/h1-3,5H,4H2,(H3,11,12,13,14). The van der Waals surface area contributed by atoms with Gasteiger partial charge in [0.15, 0.2) is 0 Å². The predicted octanol–water partition coefficient (Wildman–Crippen LogP) is 1.92. The molecule has 3 N–H and O–H groups in total. The number of hydrogen-bond acceptors (Lipinski definition) is 5. The molecule has 0 aromatic carbocycles. The van der Waals surface area contributed by atoms with Crippen molar-refractivity contribution >= 4 is 23.4 Å². The van der Waals surface area contributed by atoms with Crippen molar-refractivity contribution in [2.75, 3.05) is 11.1 Å². The molecule has 0 bridgehead atoms. The number of aromatic nitrogens is 2. The molecule has 0 atom stereocenters. The van der Waals surface area contributed by atoms with Gasteiger partial charge in [0.1, 0.15) is 11.0 Å². The SMILES string of the molecule is Nc1nc(Cl)cc(NCc2ccoc2)n1. The Labute approximate surface area is 91.3 Å². The first-order valence-electron chi connectivity index (χ1n) is 4.29. The highest BCUT2D eigenvalue weighted by molar-refractivity contribution is 6.29. The van der Waals surface area contributed by atoms with Gasteiger partial charge in [-0.05, 0) is 6.07 Å². The van der Waals surface area contributed by atoms with E-state index >= 15 is 0 Å². The van der Waals surface area contributed by atoms with Crippen molar-refractivity contribution in [2.45, 2.75) is 6.54 Å². The van der Waals surface area contributed by atoms with Gasteiger partial charge in [-0.2, -0.15) is 4.98 Å². The van der Waals surface area contributed by atoms with Crippen LogP contribution < -0.4 is 11.1 Å². The summed E-state index contributed by atoms with van der Waals surface area (Å²) < 4.78 is 4.93. The lowest BCUT2D eigenvalue weighted by Crippen LogP contribution is -2.03. The molecule has 5 nitrogen and oxygen atoms in total. The van der Waals surface area contributed by atoms with Crippen LogP contribution in [0.3, 0.4) is 0 Å². The van der Waals surface area contributed by atoms with E-state index in [0.717, 1.165) is 5.56 Å². The number of hydrogen-bond donors (Lipinski definition) is 2. The zero-order valence-corrected chi connectivity index (χ0v) is 8.53. The van der Waals surface area contributed by atoms with Crippen LogP contribution in [0.15, 0.2) is 29.1 Å². The van der Waals surface area contributed by atoms with E-state index < -0.39 is 0 Å². The minimum atomic E-state index is 0.150. The molecule has 2 heterocycles. The van der Waals surface area contributed by atoms with Crippen LogP contribution in [-0.4, -0.2) is 9.97 Å². The van der Waals surface area contributed by atoms with E-state index in [1.807, 2.05) is 6.07 Å². The second kappa shape index (κ2) is 4.18. The molecule has 6 heteroatoms. The molecular formula is C9H9ClN4O. The third kappa shape index (κ3) is 2.60. The largest absolute Gasteiger partial charge is 0.472 e. The molecule has 15 heavy (non-hydrogen) atoms. The van der Waals surface area contributed by atoms with E-state index in [1.165, 1.54) is 0 Å². The maximum atomic E-state index is 5.72. The highest BCUT2D eigenvalue weighted by Crippen LogP contribution is 2.13. The number of nitrogen functional groups attached to an aromatic ring is 1. The lowest BCUT2D eigenvalue weighted by atomic mass is 10.3. The number of halogens is 1. The number of nitrogens with two attached hydrogens (primary N) is 1. The lowest BCUT2D eigenvalue weighted by molar-refractivity contribution is 0.564. The topological polar surface area (TPSA) is 77.0 Å². The van der Waals surface area contributed by atoms with Crippen LogP contribution in [0, 0.1) is 0 Å². The Hall–Kier alpha value is -1.75. The molecule has 78 valence electrons. The molecular weight excluding hydrogens is 216 g/mol. The van der Waals surface area contributed by atoms with E-state index in [0.29, 0.717) is 17.5 Å². The van der Waals surface area contributed by atoms with E-state index in [9.17, 15) is 0 Å². The molecule has 0 unspecified atom stereocenters. The molecule has 0 aliphatic heterocycles. The van der Waals surface area contributed by atoms with Gasteiger partial charge in [0.2, 0.25) is 5.95 Å². The van der Waals surface area contributed by atoms with E-state index in [2.05, 4.69) is 15.3 Å². The zero-order valence-electron chi connectivity index (χ0n) is 7.77. The Kier molecular flexibility index (Phi) is 2.73. The highest BCUT2D eigenvalue weighted by atomic mass is 35.5. The molecule has 2 aromatic heterocycles. The van der Waals surface area contributed by atoms with Gasteiger partial charge in [0.05, 0.1) is 12.5 Å². The van der Waals surface area contributed by atoms with E-state index in [4.69, 9.17) is 21.8 Å². The van der Waals surface area contributed by atoms with Gasteiger partial charge in [-0.25, -0.2) is 4.98 Å². The van der Waals surface area contributed by atoms with Crippen molar-refractivity contribution in [3.8, 4) is 0 Å². The maximum Gasteiger partial charge on any atom is 0.223 e. The molecule has 2 rings (SSSR count). The Morgan fingerprint density at radius 2 is 2.33 bits per heavy atom. The Balaban J connectivity index is 2.05. The number of nitrogens with one attached hydrogen (secondary N) is 1. The summed E-state index contributed by atoms with van der Waals surface area (Å²) >= 11 is 5.72. The Morgan fingerprint density at radius 3 is 3.00 bits per heavy atom. The lowest BCUT2D eigenvalue weighted by Gasteiger charge is -2.04. The Bertz CT molecular complexity index is 423. The van der Waals surface area contributed by atoms with Crippen LogP contribution >= 0.6 is 11.6 Å². The molecule has 0 saturated heterocycles. The summed E-state index contributed by atoms with van der Waals surface area (Å²) in [6.07, 6.45) is 3.26. The summed E-state index contributed by atoms with van der Waals surface area (Å²) in [5.41, 5.74) is 6.46. The molecule has 0 fully saturated rings. The first-order valence-corrected chi connectivity index (χ1v) is 4.67. The third-order valence-electron chi connectivity index (χ3n) is 1.77. The van der Waals surface area contributed by atoms with E-state index in [1.54, 1.807) is 18.6 Å². The molecule has 0 aliphatic carbocycles. The average Bonchev–Trinajstić information content (AvgIpc) is 2.65. The number of furan rings is 1. The van der Waals surface area contributed by atoms with Gasteiger partial charge in [0.25, 0.3) is 0 Å². The monoisotopic (exact) mass is 224 g/mol. The summed E-state index contributed by atoms with van der Waals surface area (Å²) in [5.74, 6) is 0.742. The summed E-state index contributed by atoms with van der Waals surface area (Å²) in [6.45, 7) is 0.600. The van der Waals surface area contributed by atoms with Crippen molar-refractivity contribution in [2.24, 2.45) is 0 Å². The molecule has 0 aliphatic rings. The summed E-state index contributed by atoms with van der Waals surface area (Å²) in [5, 5.41) is 3.37. The number of anilines is 2. The van der Waals surface area contributed by atoms with Crippen molar-refractivity contribution in [1.82, 2.24) is 9.97 Å². The van der Waals surface area contributed by atoms with Crippen molar-refractivity contribution in [3.05, 3.63) is 35.4 Å². The van der Waals surface area contributed by atoms with Gasteiger partial charge in [-0.1, -0.05) is 11.6 Å². The number of nitrogens with zero attached hydrogens (tertiary/aromatic N) is 2. The first kappa shape index (κ1) is 9.79. The second-order valence-electron chi connectivity index (χ2n) is 2.92. The molecule has 0 radical (unpaired) electrons. The van der Waals surface area contributed by atoms with Gasteiger partial charge >= 0.3 is 0 Å². The Morgan fingerprint density at radius 1 is 1.47 bits per heavy atom. The quantitative estimate of drug-likeness (QED) is 0.779. The fraction of sp³-hybridized carbons (Fsp3) is 0.111. The highest BCUT2D eigenvalue weighted by Gasteiger charge is 2.00. The molecule has 0 saturated carbocycles. The first-order chi connectivity index (χ1) is 7.24. The summed E-state index contributed by atoms with van der Waals surface area (Å²) in [6, 6.07) is 3.47. The minimum absolute atomic E-state index is 0.150. The summed E-state index contributed by atoms with van der Waals surface area (Å²) in [7, 11) is 0. The average molecular weight is 225 g/mol. The molecule has 2 aromatic rings. The van der Waals surface area contributed by atoms with Gasteiger partial charge in [-0.3, -0.25) is 0 Å². The maximum absolute atomic E-state index is 5.72. The van der Waals surface area contributed by atoms with Gasteiger partial charge in [-0.15, -0.1) is 0 Å². The van der Waals surface area contributed by atoms with Crippen molar-refractivity contribution in [3.63, 3.8) is 0 Å². The van der Waals surface area contributed by atoms with Crippen LogP contribution in [0.1, 0.15) is 5.56 Å².